The van der Waals surface area contributed by atoms with Crippen molar-refractivity contribution in [3.63, 3.8) is 0 Å². The monoisotopic (exact) mass is 418 g/mol. The normalized spacial score (nSPS) is 19.2. The highest BCUT2D eigenvalue weighted by atomic mass is 35.5. The van der Waals surface area contributed by atoms with E-state index >= 15 is 0 Å². The molecule has 2 fully saturated rings. The van der Waals surface area contributed by atoms with Crippen molar-refractivity contribution >= 4 is 34.9 Å². The Hall–Kier alpha value is -1.75. The van der Waals surface area contributed by atoms with Crippen molar-refractivity contribution in [1.82, 2.24) is 4.90 Å². The van der Waals surface area contributed by atoms with Crippen LogP contribution in [0.25, 0.3) is 0 Å². The van der Waals surface area contributed by atoms with Crippen LogP contribution in [0.5, 0.6) is 0 Å². The van der Waals surface area contributed by atoms with Crippen LogP contribution in [0.1, 0.15) is 30.4 Å². The number of rotatable bonds is 6. The standard InChI is InChI=1S/C22H24Cl2N2O2/c1-22(9-20(27)28)13-25(14-22)10-15-5-7-16(8-6-15)17-11-26(12-17)21-18(23)3-2-4-19(21)24/h2-8,17H,9-14H2,1H3,(H,27,28). The van der Waals surface area contributed by atoms with Gasteiger partial charge in [-0.1, -0.05) is 60.5 Å². The van der Waals surface area contributed by atoms with Gasteiger partial charge < -0.3 is 10.0 Å². The van der Waals surface area contributed by atoms with Gasteiger partial charge in [0, 0.05) is 44.1 Å². The predicted molar refractivity (Wildman–Crippen MR) is 113 cm³/mol. The number of hydrogen-bond acceptors (Lipinski definition) is 3. The van der Waals surface area contributed by atoms with Gasteiger partial charge in [0.25, 0.3) is 0 Å². The van der Waals surface area contributed by atoms with Crippen molar-refractivity contribution in [2.24, 2.45) is 5.41 Å². The Morgan fingerprint density at radius 2 is 1.71 bits per heavy atom. The first-order chi connectivity index (χ1) is 13.3. The summed E-state index contributed by atoms with van der Waals surface area (Å²) < 4.78 is 0. The maximum Gasteiger partial charge on any atom is 0.303 e. The smallest absolute Gasteiger partial charge is 0.303 e. The van der Waals surface area contributed by atoms with Crippen LogP contribution in [-0.4, -0.2) is 42.2 Å². The zero-order chi connectivity index (χ0) is 19.9. The minimum absolute atomic E-state index is 0.0822. The number of anilines is 1. The zero-order valence-corrected chi connectivity index (χ0v) is 17.4. The second kappa shape index (κ2) is 7.58. The van der Waals surface area contributed by atoms with E-state index in [1.807, 2.05) is 25.1 Å². The molecule has 2 heterocycles. The van der Waals surface area contributed by atoms with Crippen molar-refractivity contribution in [1.29, 1.82) is 0 Å². The lowest BCUT2D eigenvalue weighted by Crippen LogP contribution is -2.54. The number of carbonyl (C=O) groups is 1. The summed E-state index contributed by atoms with van der Waals surface area (Å²) in [6.07, 6.45) is 0.246. The number of benzene rings is 2. The van der Waals surface area contributed by atoms with E-state index in [1.54, 1.807) is 0 Å². The highest BCUT2D eigenvalue weighted by molar-refractivity contribution is 6.39. The average Bonchev–Trinajstić information content (AvgIpc) is 2.55. The van der Waals surface area contributed by atoms with Gasteiger partial charge in [-0.15, -0.1) is 0 Å². The van der Waals surface area contributed by atoms with Crippen molar-refractivity contribution in [3.8, 4) is 0 Å². The summed E-state index contributed by atoms with van der Waals surface area (Å²) >= 11 is 12.6. The molecule has 0 radical (unpaired) electrons. The third-order valence-corrected chi connectivity index (χ3v) is 6.39. The molecule has 0 amide bonds. The molecule has 2 aliphatic rings. The fourth-order valence-electron chi connectivity index (χ4n) is 4.44. The molecule has 0 spiro atoms. The van der Waals surface area contributed by atoms with E-state index in [1.165, 1.54) is 11.1 Å². The first kappa shape index (κ1) is 19.6. The lowest BCUT2D eigenvalue weighted by Gasteiger charge is -2.47. The topological polar surface area (TPSA) is 43.8 Å². The van der Waals surface area contributed by atoms with E-state index in [4.69, 9.17) is 28.3 Å². The van der Waals surface area contributed by atoms with Gasteiger partial charge in [0.1, 0.15) is 0 Å². The second-order valence-electron chi connectivity index (χ2n) is 8.44. The Morgan fingerprint density at radius 3 is 2.29 bits per heavy atom. The highest BCUT2D eigenvalue weighted by Gasteiger charge is 2.40. The maximum absolute atomic E-state index is 10.9. The first-order valence-corrected chi connectivity index (χ1v) is 10.3. The quantitative estimate of drug-likeness (QED) is 0.724. The number of halogens is 2. The molecule has 1 N–H and O–H groups in total. The minimum Gasteiger partial charge on any atom is -0.481 e. The largest absolute Gasteiger partial charge is 0.481 e. The molecule has 6 heteroatoms. The van der Waals surface area contributed by atoms with Gasteiger partial charge in [-0.3, -0.25) is 9.69 Å². The summed E-state index contributed by atoms with van der Waals surface area (Å²) in [7, 11) is 0. The van der Waals surface area contributed by atoms with Crippen molar-refractivity contribution in [2.45, 2.75) is 25.8 Å². The van der Waals surface area contributed by atoms with E-state index in [0.717, 1.165) is 38.4 Å². The minimum atomic E-state index is -0.709. The van der Waals surface area contributed by atoms with E-state index < -0.39 is 5.97 Å². The molecular formula is C22H24Cl2N2O2. The van der Waals surface area contributed by atoms with Crippen LogP contribution in [0.3, 0.4) is 0 Å². The molecule has 4 rings (SSSR count). The summed E-state index contributed by atoms with van der Waals surface area (Å²) in [4.78, 5) is 15.5. The molecule has 148 valence electrons. The first-order valence-electron chi connectivity index (χ1n) is 9.55. The van der Waals surface area contributed by atoms with Crippen LogP contribution >= 0.6 is 23.2 Å². The second-order valence-corrected chi connectivity index (χ2v) is 9.25. The SMILES string of the molecule is CC1(CC(=O)O)CN(Cc2ccc(C3CN(c4c(Cl)cccc4Cl)C3)cc2)C1. The number of carboxylic acid groups (broad SMARTS) is 1. The van der Waals surface area contributed by atoms with Crippen LogP contribution in [0, 0.1) is 5.41 Å². The fraction of sp³-hybridized carbons (Fsp3) is 0.409. The fourth-order valence-corrected chi connectivity index (χ4v) is 5.08. The Morgan fingerprint density at radius 1 is 1.11 bits per heavy atom. The summed E-state index contributed by atoms with van der Waals surface area (Å²) in [6, 6.07) is 14.4. The Bertz CT molecular complexity index is 852. The van der Waals surface area contributed by atoms with Gasteiger partial charge in [0.05, 0.1) is 22.2 Å². The van der Waals surface area contributed by atoms with Crippen molar-refractivity contribution in [3.05, 3.63) is 63.6 Å². The van der Waals surface area contributed by atoms with Crippen molar-refractivity contribution < 1.29 is 9.90 Å². The van der Waals surface area contributed by atoms with E-state index in [2.05, 4.69) is 34.1 Å². The maximum atomic E-state index is 10.9. The van der Waals surface area contributed by atoms with Crippen LogP contribution in [0.2, 0.25) is 10.0 Å². The summed E-state index contributed by atoms with van der Waals surface area (Å²) in [5, 5.41) is 10.4. The number of para-hydroxylation sites is 1. The molecule has 28 heavy (non-hydrogen) atoms. The molecule has 0 aromatic heterocycles. The lowest BCUT2D eigenvalue weighted by atomic mass is 9.78. The van der Waals surface area contributed by atoms with E-state index in [9.17, 15) is 4.79 Å². The van der Waals surface area contributed by atoms with Crippen LogP contribution in [0.15, 0.2) is 42.5 Å². The molecule has 0 bridgehead atoms. The summed E-state index contributed by atoms with van der Waals surface area (Å²) in [6.45, 7) is 6.45. The molecule has 2 aliphatic heterocycles. The number of nitrogens with zero attached hydrogens (tertiary/aromatic N) is 2. The van der Waals surface area contributed by atoms with Gasteiger partial charge in [-0.2, -0.15) is 0 Å². The van der Waals surface area contributed by atoms with Gasteiger partial charge in [0.15, 0.2) is 0 Å². The molecular weight excluding hydrogens is 395 g/mol. The molecule has 0 unspecified atom stereocenters. The third kappa shape index (κ3) is 4.00. The van der Waals surface area contributed by atoms with Gasteiger partial charge in [-0.05, 0) is 23.3 Å². The summed E-state index contributed by atoms with van der Waals surface area (Å²) in [5.41, 5.74) is 3.45. The molecule has 0 aliphatic carbocycles. The van der Waals surface area contributed by atoms with Gasteiger partial charge >= 0.3 is 5.97 Å². The Kier molecular flexibility index (Phi) is 5.30. The molecule has 0 saturated carbocycles. The van der Waals surface area contributed by atoms with Crippen LogP contribution in [-0.2, 0) is 11.3 Å². The van der Waals surface area contributed by atoms with E-state index in [0.29, 0.717) is 16.0 Å². The number of aliphatic carboxylic acids is 1. The van der Waals surface area contributed by atoms with Crippen molar-refractivity contribution in [2.75, 3.05) is 31.1 Å². The van der Waals surface area contributed by atoms with Crippen LogP contribution in [0.4, 0.5) is 5.69 Å². The molecule has 4 nitrogen and oxygen atoms in total. The lowest BCUT2D eigenvalue weighted by molar-refractivity contribution is -0.143. The highest BCUT2D eigenvalue weighted by Crippen LogP contribution is 2.40. The summed E-state index contributed by atoms with van der Waals surface area (Å²) in [5.74, 6) is -0.219. The predicted octanol–water partition coefficient (Wildman–Crippen LogP) is 4.89. The number of carboxylic acids is 1. The Balaban J connectivity index is 1.30. The Labute approximate surface area is 175 Å². The molecule has 2 saturated heterocycles. The average molecular weight is 419 g/mol. The number of hydrogen-bond donors (Lipinski definition) is 1. The van der Waals surface area contributed by atoms with Crippen LogP contribution < -0.4 is 4.90 Å². The molecule has 2 aromatic rings. The third-order valence-electron chi connectivity index (χ3n) is 5.78. The number of likely N-dealkylation sites (tertiary alicyclic amines) is 1. The molecule has 2 aromatic carbocycles. The van der Waals surface area contributed by atoms with E-state index in [-0.39, 0.29) is 11.8 Å². The van der Waals surface area contributed by atoms with Gasteiger partial charge in [0.2, 0.25) is 0 Å². The molecule has 0 atom stereocenters. The zero-order valence-electron chi connectivity index (χ0n) is 15.9. The van der Waals surface area contributed by atoms with Gasteiger partial charge in [-0.25, -0.2) is 0 Å².